The molecule has 0 aliphatic carbocycles. The van der Waals surface area contributed by atoms with E-state index in [-0.39, 0.29) is 5.69 Å². The molecule has 2 N–H and O–H groups in total. The number of rotatable bonds is 4. The van der Waals surface area contributed by atoms with Crippen molar-refractivity contribution in [3.05, 3.63) is 33.9 Å². The maximum atomic E-state index is 12.3. The van der Waals surface area contributed by atoms with Crippen molar-refractivity contribution < 1.29 is 4.74 Å². The average molecular weight is 301 g/mol. The summed E-state index contributed by atoms with van der Waals surface area (Å²) in [4.78, 5) is 15.3. The molecule has 22 heavy (non-hydrogen) atoms. The summed E-state index contributed by atoms with van der Waals surface area (Å²) >= 11 is 0. The highest BCUT2D eigenvalue weighted by Crippen LogP contribution is 2.38. The van der Waals surface area contributed by atoms with Crippen molar-refractivity contribution >= 4 is 5.69 Å². The zero-order valence-electron chi connectivity index (χ0n) is 13.6. The van der Waals surface area contributed by atoms with E-state index in [0.717, 1.165) is 46.9 Å². The Bertz CT molecular complexity index is 758. The van der Waals surface area contributed by atoms with Gasteiger partial charge in [-0.15, -0.1) is 0 Å². The first-order valence-corrected chi connectivity index (χ1v) is 7.79. The summed E-state index contributed by atoms with van der Waals surface area (Å²) in [6.45, 7) is 7.73. The van der Waals surface area contributed by atoms with Crippen LogP contribution >= 0.6 is 0 Å². The highest BCUT2D eigenvalue weighted by molar-refractivity contribution is 5.82. The molecule has 3 rings (SSSR count). The molecule has 1 aromatic carbocycles. The minimum atomic E-state index is -0.0282. The summed E-state index contributed by atoms with van der Waals surface area (Å²) in [5.74, 6) is 1.31. The van der Waals surface area contributed by atoms with Gasteiger partial charge in [0.05, 0.1) is 25.0 Å². The summed E-state index contributed by atoms with van der Waals surface area (Å²) < 4.78 is 7.32. The number of methoxy groups -OCH3 is 1. The van der Waals surface area contributed by atoms with Crippen LogP contribution < -0.4 is 15.7 Å². The largest absolute Gasteiger partial charge is 0.496 e. The van der Waals surface area contributed by atoms with Crippen molar-refractivity contribution in [1.82, 2.24) is 9.55 Å². The van der Waals surface area contributed by atoms with Crippen LogP contribution in [0.2, 0.25) is 0 Å². The van der Waals surface area contributed by atoms with Gasteiger partial charge in [-0.3, -0.25) is 4.57 Å². The standard InChI is InChI=1S/C17H23N3O2/c1-5-10(2)9-20-16-12-7-15(22-4)11(3)6-13(12)18-8-14(16)19-17(20)21/h6-7,10,18H,5,8-9H2,1-4H3,(H,19,21). The van der Waals surface area contributed by atoms with Gasteiger partial charge in [0.2, 0.25) is 0 Å². The number of hydrogen-bond acceptors (Lipinski definition) is 3. The normalized spacial score (nSPS) is 14.0. The van der Waals surface area contributed by atoms with Crippen molar-refractivity contribution in [3.8, 4) is 17.0 Å². The van der Waals surface area contributed by atoms with Gasteiger partial charge in [-0.2, -0.15) is 0 Å². The van der Waals surface area contributed by atoms with E-state index in [1.807, 2.05) is 17.6 Å². The number of fused-ring (bicyclic) bond motifs is 3. The van der Waals surface area contributed by atoms with Crippen LogP contribution in [0.15, 0.2) is 16.9 Å². The number of nitrogens with one attached hydrogen (secondary N) is 2. The maximum Gasteiger partial charge on any atom is 0.326 e. The molecule has 1 atom stereocenters. The Morgan fingerprint density at radius 3 is 2.86 bits per heavy atom. The van der Waals surface area contributed by atoms with Gasteiger partial charge in [0, 0.05) is 17.8 Å². The Balaban J connectivity index is 2.18. The van der Waals surface area contributed by atoms with Gasteiger partial charge in [0.15, 0.2) is 0 Å². The number of hydrogen-bond donors (Lipinski definition) is 2. The molecule has 0 amide bonds. The quantitative estimate of drug-likeness (QED) is 0.912. The van der Waals surface area contributed by atoms with Gasteiger partial charge in [-0.1, -0.05) is 20.3 Å². The summed E-state index contributed by atoms with van der Waals surface area (Å²) in [7, 11) is 1.68. The minimum absolute atomic E-state index is 0.0282. The Kier molecular flexibility index (Phi) is 3.72. The van der Waals surface area contributed by atoms with Gasteiger partial charge in [0.1, 0.15) is 5.75 Å². The number of aryl methyl sites for hydroxylation is 1. The summed E-state index contributed by atoms with van der Waals surface area (Å²) in [5, 5.41) is 3.38. The van der Waals surface area contributed by atoms with Crippen LogP contribution in [0.5, 0.6) is 5.75 Å². The third-order valence-electron chi connectivity index (χ3n) is 4.50. The number of aromatic nitrogens is 2. The molecule has 5 nitrogen and oxygen atoms in total. The number of ether oxygens (including phenoxy) is 1. The molecule has 0 saturated heterocycles. The van der Waals surface area contributed by atoms with Crippen LogP contribution in [-0.4, -0.2) is 16.7 Å². The molecular formula is C17H23N3O2. The van der Waals surface area contributed by atoms with Gasteiger partial charge in [0.25, 0.3) is 0 Å². The molecule has 1 unspecified atom stereocenters. The van der Waals surface area contributed by atoms with Crippen molar-refractivity contribution in [2.24, 2.45) is 5.92 Å². The fourth-order valence-corrected chi connectivity index (χ4v) is 3.00. The van der Waals surface area contributed by atoms with Crippen LogP contribution in [0.4, 0.5) is 5.69 Å². The minimum Gasteiger partial charge on any atom is -0.496 e. The van der Waals surface area contributed by atoms with Crippen LogP contribution in [0, 0.1) is 12.8 Å². The summed E-state index contributed by atoms with van der Waals surface area (Å²) in [6, 6.07) is 4.11. The topological polar surface area (TPSA) is 59.0 Å². The first-order valence-electron chi connectivity index (χ1n) is 7.79. The number of H-pyrrole nitrogens is 1. The highest BCUT2D eigenvalue weighted by atomic mass is 16.5. The van der Waals surface area contributed by atoms with Crippen molar-refractivity contribution in [2.45, 2.75) is 40.3 Å². The van der Waals surface area contributed by atoms with Gasteiger partial charge in [-0.25, -0.2) is 4.79 Å². The van der Waals surface area contributed by atoms with E-state index in [1.54, 1.807) is 7.11 Å². The first kappa shape index (κ1) is 14.8. The van der Waals surface area contributed by atoms with Crippen LogP contribution in [0.3, 0.4) is 0 Å². The molecule has 0 bridgehead atoms. The summed E-state index contributed by atoms with van der Waals surface area (Å²) in [5.41, 5.74) is 5.10. The van der Waals surface area contributed by atoms with Crippen LogP contribution in [0.1, 0.15) is 31.5 Å². The maximum absolute atomic E-state index is 12.3. The van der Waals surface area contributed by atoms with Crippen molar-refractivity contribution in [3.63, 3.8) is 0 Å². The van der Waals surface area contributed by atoms with E-state index in [9.17, 15) is 4.79 Å². The lowest BCUT2D eigenvalue weighted by atomic mass is 10.00. The Morgan fingerprint density at radius 1 is 1.41 bits per heavy atom. The lowest BCUT2D eigenvalue weighted by molar-refractivity contribution is 0.412. The third-order valence-corrected chi connectivity index (χ3v) is 4.50. The molecule has 1 aliphatic heterocycles. The molecule has 1 aromatic heterocycles. The smallest absolute Gasteiger partial charge is 0.326 e. The average Bonchev–Trinajstić information content (AvgIpc) is 2.82. The molecule has 0 fully saturated rings. The molecule has 0 saturated carbocycles. The fourth-order valence-electron chi connectivity index (χ4n) is 3.00. The van der Waals surface area contributed by atoms with Crippen LogP contribution in [0.25, 0.3) is 11.3 Å². The number of nitrogens with zero attached hydrogens (tertiary/aromatic N) is 1. The van der Waals surface area contributed by atoms with E-state index in [1.165, 1.54) is 0 Å². The number of aromatic amines is 1. The van der Waals surface area contributed by atoms with Gasteiger partial charge < -0.3 is 15.0 Å². The van der Waals surface area contributed by atoms with E-state index >= 15 is 0 Å². The second-order valence-electron chi connectivity index (χ2n) is 6.10. The predicted molar refractivity (Wildman–Crippen MR) is 88.6 cm³/mol. The Hall–Kier alpha value is -2.17. The van der Waals surface area contributed by atoms with Gasteiger partial charge >= 0.3 is 5.69 Å². The van der Waals surface area contributed by atoms with Crippen LogP contribution in [-0.2, 0) is 13.1 Å². The molecule has 2 heterocycles. The molecule has 118 valence electrons. The molecule has 2 aromatic rings. The number of anilines is 1. The number of benzene rings is 1. The van der Waals surface area contributed by atoms with Crippen molar-refractivity contribution in [1.29, 1.82) is 0 Å². The third kappa shape index (κ3) is 2.30. The fraction of sp³-hybridized carbons (Fsp3) is 0.471. The predicted octanol–water partition coefficient (Wildman–Crippen LogP) is 3.13. The first-order chi connectivity index (χ1) is 10.5. The molecule has 5 heteroatoms. The monoisotopic (exact) mass is 301 g/mol. The van der Waals surface area contributed by atoms with E-state index in [4.69, 9.17) is 4.74 Å². The zero-order chi connectivity index (χ0) is 15.9. The van der Waals surface area contributed by atoms with Crippen molar-refractivity contribution in [2.75, 3.05) is 12.4 Å². The zero-order valence-corrected chi connectivity index (χ0v) is 13.6. The highest BCUT2D eigenvalue weighted by Gasteiger charge is 2.24. The molecule has 0 radical (unpaired) electrons. The Morgan fingerprint density at radius 2 is 2.18 bits per heavy atom. The lowest BCUT2D eigenvalue weighted by Gasteiger charge is -2.22. The SMILES string of the molecule is CCC(C)Cn1c2c([nH]c1=O)CNc1cc(C)c(OC)cc1-2. The van der Waals surface area contributed by atoms with E-state index in [0.29, 0.717) is 12.5 Å². The Labute approximate surface area is 130 Å². The molecule has 1 aliphatic rings. The van der Waals surface area contributed by atoms with E-state index < -0.39 is 0 Å². The lowest BCUT2D eigenvalue weighted by Crippen LogP contribution is -2.21. The van der Waals surface area contributed by atoms with E-state index in [2.05, 4.69) is 30.2 Å². The molecule has 0 spiro atoms. The number of imidazole rings is 1. The summed E-state index contributed by atoms with van der Waals surface area (Å²) in [6.07, 6.45) is 1.05. The second-order valence-corrected chi connectivity index (χ2v) is 6.10. The van der Waals surface area contributed by atoms with Gasteiger partial charge in [-0.05, 0) is 30.5 Å². The molecular weight excluding hydrogens is 278 g/mol. The second kappa shape index (κ2) is 5.55.